The molecule has 18 heavy (non-hydrogen) atoms. The normalized spacial score (nSPS) is 12.1. The maximum atomic E-state index is 10.5. The van der Waals surface area contributed by atoms with Crippen LogP contribution in [0.15, 0.2) is 12.4 Å². The van der Waals surface area contributed by atoms with E-state index in [-0.39, 0.29) is 12.5 Å². The van der Waals surface area contributed by atoms with Gasteiger partial charge in [-0.05, 0) is 24.8 Å². The van der Waals surface area contributed by atoms with Crippen LogP contribution in [-0.4, -0.2) is 33.3 Å². The first-order valence-electron chi connectivity index (χ1n) is 6.08. The Labute approximate surface area is 106 Å². The van der Waals surface area contributed by atoms with Crippen LogP contribution in [0.5, 0.6) is 0 Å². The van der Waals surface area contributed by atoms with Crippen molar-refractivity contribution in [2.45, 2.75) is 45.2 Å². The summed E-state index contributed by atoms with van der Waals surface area (Å²) in [6.45, 7) is 2.94. The first-order chi connectivity index (χ1) is 8.65. The lowest BCUT2D eigenvalue weighted by Crippen LogP contribution is -2.30. The van der Waals surface area contributed by atoms with Gasteiger partial charge in [-0.25, -0.2) is 0 Å². The number of aryl methyl sites for hydroxylation is 1. The number of nitrogens with zero attached hydrogens (tertiary/aromatic N) is 2. The fraction of sp³-hybridized carbons (Fsp3) is 0.583. The number of nitrogens with one attached hydrogen (secondary N) is 1. The first kappa shape index (κ1) is 14.2. The molecule has 1 unspecified atom stereocenters. The summed E-state index contributed by atoms with van der Waals surface area (Å²) in [5.41, 5.74) is 1.01. The van der Waals surface area contributed by atoms with Crippen LogP contribution in [0, 0.1) is 0 Å². The highest BCUT2D eigenvalue weighted by atomic mass is 16.4. The molecule has 6 heteroatoms. The minimum Gasteiger partial charge on any atom is -0.481 e. The fourth-order valence-electron chi connectivity index (χ4n) is 1.79. The van der Waals surface area contributed by atoms with E-state index in [9.17, 15) is 9.59 Å². The Morgan fingerprint density at radius 3 is 3.06 bits per heavy atom. The second kappa shape index (κ2) is 7.47. The zero-order chi connectivity index (χ0) is 13.4. The second-order valence-corrected chi connectivity index (χ2v) is 4.23. The summed E-state index contributed by atoms with van der Waals surface area (Å²) >= 11 is 0. The molecule has 0 bridgehead atoms. The van der Waals surface area contributed by atoms with Gasteiger partial charge in [-0.2, -0.15) is 5.10 Å². The van der Waals surface area contributed by atoms with E-state index in [2.05, 4.69) is 17.3 Å². The quantitative estimate of drug-likeness (QED) is 0.638. The maximum absolute atomic E-state index is 10.5. The number of hydrogen-bond donors (Lipinski definition) is 2. The SMILES string of the molecule is CCCn1cc(CC(CCC(=O)O)NC=O)cn1. The summed E-state index contributed by atoms with van der Waals surface area (Å²) in [5, 5.41) is 15.5. The van der Waals surface area contributed by atoms with Crippen LogP contribution >= 0.6 is 0 Å². The molecule has 100 valence electrons. The third-order valence-electron chi connectivity index (χ3n) is 2.63. The number of carboxylic acid groups (broad SMARTS) is 1. The Bertz CT molecular complexity index is 390. The maximum Gasteiger partial charge on any atom is 0.303 e. The van der Waals surface area contributed by atoms with Gasteiger partial charge >= 0.3 is 5.97 Å². The van der Waals surface area contributed by atoms with Crippen molar-refractivity contribution < 1.29 is 14.7 Å². The van der Waals surface area contributed by atoms with E-state index in [0.29, 0.717) is 19.3 Å². The molecule has 0 fully saturated rings. The lowest BCUT2D eigenvalue weighted by Gasteiger charge is -2.13. The average molecular weight is 253 g/mol. The number of carbonyl (C=O) groups is 2. The van der Waals surface area contributed by atoms with Crippen LogP contribution in [0.25, 0.3) is 0 Å². The van der Waals surface area contributed by atoms with Crippen molar-refractivity contribution in [1.82, 2.24) is 15.1 Å². The largest absolute Gasteiger partial charge is 0.481 e. The highest BCUT2D eigenvalue weighted by molar-refractivity contribution is 5.66. The van der Waals surface area contributed by atoms with E-state index in [1.165, 1.54) is 0 Å². The van der Waals surface area contributed by atoms with Crippen LogP contribution in [-0.2, 0) is 22.6 Å². The Kier molecular flexibility index (Phi) is 5.90. The molecule has 1 aromatic rings. The number of aliphatic carboxylic acids is 1. The number of amides is 1. The summed E-state index contributed by atoms with van der Waals surface area (Å²) in [7, 11) is 0. The Morgan fingerprint density at radius 1 is 1.67 bits per heavy atom. The molecule has 0 aliphatic heterocycles. The van der Waals surface area contributed by atoms with Gasteiger partial charge in [0, 0.05) is 25.2 Å². The van der Waals surface area contributed by atoms with Gasteiger partial charge < -0.3 is 10.4 Å². The van der Waals surface area contributed by atoms with Gasteiger partial charge in [-0.3, -0.25) is 14.3 Å². The number of rotatable bonds is 9. The van der Waals surface area contributed by atoms with Crippen molar-refractivity contribution in [1.29, 1.82) is 0 Å². The van der Waals surface area contributed by atoms with Crippen LogP contribution in [0.4, 0.5) is 0 Å². The molecular weight excluding hydrogens is 234 g/mol. The van der Waals surface area contributed by atoms with Crippen LogP contribution in [0.3, 0.4) is 0 Å². The van der Waals surface area contributed by atoms with E-state index in [1.807, 2.05) is 10.9 Å². The van der Waals surface area contributed by atoms with Crippen molar-refractivity contribution in [2.24, 2.45) is 0 Å². The summed E-state index contributed by atoms with van der Waals surface area (Å²) in [4.78, 5) is 21.0. The summed E-state index contributed by atoms with van der Waals surface area (Å²) in [6.07, 6.45) is 6.40. The van der Waals surface area contributed by atoms with Gasteiger partial charge in [0.15, 0.2) is 0 Å². The van der Waals surface area contributed by atoms with Crippen molar-refractivity contribution in [3.63, 3.8) is 0 Å². The molecule has 6 nitrogen and oxygen atoms in total. The summed E-state index contributed by atoms with van der Waals surface area (Å²) < 4.78 is 1.85. The van der Waals surface area contributed by atoms with Crippen molar-refractivity contribution >= 4 is 12.4 Å². The zero-order valence-corrected chi connectivity index (χ0v) is 10.5. The standard InChI is InChI=1S/C12H19N3O3/c1-2-5-15-8-10(7-14-15)6-11(13-9-16)3-4-12(17)18/h7-9,11H,2-6H2,1H3,(H,13,16)(H,17,18). The van der Waals surface area contributed by atoms with Gasteiger partial charge in [-0.15, -0.1) is 0 Å². The Balaban J connectivity index is 2.52. The van der Waals surface area contributed by atoms with Crippen LogP contribution in [0.1, 0.15) is 31.7 Å². The highest BCUT2D eigenvalue weighted by Crippen LogP contribution is 2.07. The Morgan fingerprint density at radius 2 is 2.44 bits per heavy atom. The number of aromatic nitrogens is 2. The molecule has 1 heterocycles. The molecule has 0 radical (unpaired) electrons. The lowest BCUT2D eigenvalue weighted by molar-refractivity contribution is -0.137. The topological polar surface area (TPSA) is 84.2 Å². The van der Waals surface area contributed by atoms with Crippen LogP contribution in [0.2, 0.25) is 0 Å². The van der Waals surface area contributed by atoms with E-state index in [4.69, 9.17) is 5.11 Å². The number of carboxylic acids is 1. The molecule has 0 saturated heterocycles. The molecule has 1 amide bonds. The average Bonchev–Trinajstić information content (AvgIpc) is 2.74. The summed E-state index contributed by atoms with van der Waals surface area (Å²) in [6, 6.07) is -0.155. The van der Waals surface area contributed by atoms with Crippen molar-refractivity contribution in [3.05, 3.63) is 18.0 Å². The van der Waals surface area contributed by atoms with Crippen molar-refractivity contribution in [2.75, 3.05) is 0 Å². The van der Waals surface area contributed by atoms with Gasteiger partial charge in [-0.1, -0.05) is 6.92 Å². The molecule has 0 aliphatic carbocycles. The number of carbonyl (C=O) groups excluding carboxylic acids is 1. The highest BCUT2D eigenvalue weighted by Gasteiger charge is 2.12. The lowest BCUT2D eigenvalue weighted by atomic mass is 10.0. The van der Waals surface area contributed by atoms with E-state index >= 15 is 0 Å². The first-order valence-corrected chi connectivity index (χ1v) is 6.08. The molecule has 0 aliphatic rings. The van der Waals surface area contributed by atoms with Gasteiger partial charge in [0.1, 0.15) is 0 Å². The van der Waals surface area contributed by atoms with Gasteiger partial charge in [0.25, 0.3) is 0 Å². The van der Waals surface area contributed by atoms with E-state index in [1.54, 1.807) is 6.20 Å². The molecular formula is C12H19N3O3. The molecule has 1 rings (SSSR count). The number of hydrogen-bond acceptors (Lipinski definition) is 3. The van der Waals surface area contributed by atoms with Gasteiger partial charge in [0.2, 0.25) is 6.41 Å². The van der Waals surface area contributed by atoms with Crippen molar-refractivity contribution in [3.8, 4) is 0 Å². The van der Waals surface area contributed by atoms with Gasteiger partial charge in [0.05, 0.1) is 6.20 Å². The molecule has 0 aromatic carbocycles. The van der Waals surface area contributed by atoms with E-state index in [0.717, 1.165) is 18.5 Å². The monoisotopic (exact) mass is 253 g/mol. The second-order valence-electron chi connectivity index (χ2n) is 4.23. The molecule has 0 spiro atoms. The predicted octanol–water partition coefficient (Wildman–Crippen LogP) is 0.815. The third-order valence-corrected chi connectivity index (χ3v) is 2.63. The smallest absolute Gasteiger partial charge is 0.303 e. The molecule has 1 aromatic heterocycles. The minimum absolute atomic E-state index is 0.0502. The minimum atomic E-state index is -0.852. The molecule has 2 N–H and O–H groups in total. The van der Waals surface area contributed by atoms with Crippen LogP contribution < -0.4 is 5.32 Å². The zero-order valence-electron chi connectivity index (χ0n) is 10.5. The molecule has 0 saturated carbocycles. The van der Waals surface area contributed by atoms with E-state index < -0.39 is 5.97 Å². The molecule has 1 atom stereocenters. The predicted molar refractivity (Wildman–Crippen MR) is 66.1 cm³/mol. The summed E-state index contributed by atoms with van der Waals surface area (Å²) in [5.74, 6) is -0.852. The third kappa shape index (κ3) is 4.99. The Hall–Kier alpha value is -1.85. The fourth-order valence-corrected chi connectivity index (χ4v) is 1.79.